The van der Waals surface area contributed by atoms with E-state index in [1.165, 1.54) is 32.1 Å². The van der Waals surface area contributed by atoms with E-state index in [-0.39, 0.29) is 18.0 Å². The average Bonchev–Trinajstić information content (AvgIpc) is 3.65. The lowest BCUT2D eigenvalue weighted by Gasteiger charge is -2.36. The van der Waals surface area contributed by atoms with Gasteiger partial charge in [0.15, 0.2) is 0 Å². The Labute approximate surface area is 221 Å². The minimum Gasteiger partial charge on any atom is -0.351 e. The van der Waals surface area contributed by atoms with Crippen molar-refractivity contribution in [1.82, 2.24) is 24.8 Å². The van der Waals surface area contributed by atoms with Crippen LogP contribution < -0.4 is 16.0 Å². The van der Waals surface area contributed by atoms with E-state index in [1.807, 2.05) is 21.5 Å². The van der Waals surface area contributed by atoms with Crippen LogP contribution in [0.3, 0.4) is 0 Å². The van der Waals surface area contributed by atoms with Crippen LogP contribution in [0.15, 0.2) is 31.0 Å². The minimum atomic E-state index is -0.173. The lowest BCUT2D eigenvalue weighted by Crippen LogP contribution is -2.46. The molecule has 8 heteroatoms. The fourth-order valence-electron chi connectivity index (χ4n) is 6.22. The molecular formula is C29H44N6O2. The number of hydrogen-bond donors (Lipinski definition) is 3. The Balaban J connectivity index is 1.05. The van der Waals surface area contributed by atoms with Gasteiger partial charge in [0.1, 0.15) is 5.69 Å². The zero-order valence-electron chi connectivity index (χ0n) is 22.7. The third-order valence-corrected chi connectivity index (χ3v) is 8.90. The van der Waals surface area contributed by atoms with Crippen molar-refractivity contribution in [2.75, 3.05) is 11.9 Å². The predicted octanol–water partition coefficient (Wildman–Crippen LogP) is 5.28. The van der Waals surface area contributed by atoms with Gasteiger partial charge in [0.05, 0.1) is 12.0 Å². The summed E-state index contributed by atoms with van der Waals surface area (Å²) in [5.74, 6) is 2.96. The topological polar surface area (TPSA) is 93.0 Å². The molecular weight excluding hydrogens is 464 g/mol. The largest absolute Gasteiger partial charge is 0.351 e. The molecule has 37 heavy (non-hydrogen) atoms. The number of rotatable bonds is 13. The highest BCUT2D eigenvalue weighted by Crippen LogP contribution is 2.59. The second-order valence-corrected chi connectivity index (χ2v) is 12.5. The molecule has 0 bridgehead atoms. The van der Waals surface area contributed by atoms with E-state index in [2.05, 4.69) is 41.7 Å². The highest BCUT2D eigenvalue weighted by molar-refractivity contribution is 5.96. The Morgan fingerprint density at radius 2 is 2.03 bits per heavy atom. The van der Waals surface area contributed by atoms with E-state index < -0.39 is 0 Å². The van der Waals surface area contributed by atoms with Crippen molar-refractivity contribution >= 4 is 17.6 Å². The number of hydrogen-bond acceptors (Lipinski definition) is 3. The number of aryl methyl sites for hydroxylation is 1. The zero-order valence-corrected chi connectivity index (χ0v) is 22.7. The number of nitrogens with zero attached hydrogens (tertiary/aromatic N) is 3. The lowest BCUT2D eigenvalue weighted by atomic mass is 9.75. The van der Waals surface area contributed by atoms with Crippen molar-refractivity contribution in [2.24, 2.45) is 29.1 Å². The lowest BCUT2D eigenvalue weighted by molar-refractivity contribution is 0.0943. The molecule has 0 saturated heterocycles. The van der Waals surface area contributed by atoms with Crippen LogP contribution in [0.1, 0.15) is 82.6 Å². The fraction of sp³-hybridized carbons (Fsp3) is 0.690. The van der Waals surface area contributed by atoms with Gasteiger partial charge in [0.2, 0.25) is 0 Å². The SMILES string of the molecule is CC(C)C1C[C@]1(C)CCC1CC(NC(=O)Nc2cc(C(=O)NCCCn3ccnc3)n(CC3CC3)c2)C1. The number of nitrogens with one attached hydrogen (secondary N) is 3. The summed E-state index contributed by atoms with van der Waals surface area (Å²) >= 11 is 0. The number of carbonyl (C=O) groups is 2. The molecule has 3 N–H and O–H groups in total. The van der Waals surface area contributed by atoms with Gasteiger partial charge in [-0.05, 0) is 86.5 Å². The van der Waals surface area contributed by atoms with E-state index in [0.717, 1.165) is 50.1 Å². The Morgan fingerprint density at radius 1 is 1.22 bits per heavy atom. The summed E-state index contributed by atoms with van der Waals surface area (Å²) < 4.78 is 4.00. The van der Waals surface area contributed by atoms with Gasteiger partial charge in [-0.2, -0.15) is 0 Å². The summed E-state index contributed by atoms with van der Waals surface area (Å²) in [4.78, 5) is 29.6. The molecule has 5 rings (SSSR count). The van der Waals surface area contributed by atoms with Gasteiger partial charge < -0.3 is 25.1 Å². The Kier molecular flexibility index (Phi) is 7.63. The first kappa shape index (κ1) is 25.9. The van der Waals surface area contributed by atoms with Gasteiger partial charge in [-0.1, -0.05) is 20.8 Å². The highest BCUT2D eigenvalue weighted by atomic mass is 16.2. The smallest absolute Gasteiger partial charge is 0.319 e. The van der Waals surface area contributed by atoms with Gasteiger partial charge in [-0.3, -0.25) is 4.79 Å². The minimum absolute atomic E-state index is 0.0920. The van der Waals surface area contributed by atoms with Crippen LogP contribution in [0.25, 0.3) is 0 Å². The first-order chi connectivity index (χ1) is 17.8. The molecule has 202 valence electrons. The van der Waals surface area contributed by atoms with Gasteiger partial charge in [0.25, 0.3) is 5.91 Å². The molecule has 2 atom stereocenters. The number of urea groups is 1. The number of aromatic nitrogens is 3. The molecule has 1 unspecified atom stereocenters. The monoisotopic (exact) mass is 508 g/mol. The number of anilines is 1. The summed E-state index contributed by atoms with van der Waals surface area (Å²) in [6.07, 6.45) is 16.7. The van der Waals surface area contributed by atoms with E-state index >= 15 is 0 Å². The summed E-state index contributed by atoms with van der Waals surface area (Å²) in [6, 6.07) is 1.89. The summed E-state index contributed by atoms with van der Waals surface area (Å²) in [5, 5.41) is 9.14. The van der Waals surface area contributed by atoms with Crippen LogP contribution in [0.5, 0.6) is 0 Å². The molecule has 0 aromatic carbocycles. The van der Waals surface area contributed by atoms with Crippen molar-refractivity contribution in [3.8, 4) is 0 Å². The molecule has 3 amide bonds. The number of amides is 3. The van der Waals surface area contributed by atoms with Crippen molar-refractivity contribution in [3.05, 3.63) is 36.7 Å². The zero-order chi connectivity index (χ0) is 26.0. The molecule has 3 fully saturated rings. The molecule has 3 aliphatic rings. The Morgan fingerprint density at radius 3 is 2.70 bits per heavy atom. The first-order valence-electron chi connectivity index (χ1n) is 14.3. The van der Waals surface area contributed by atoms with E-state index in [9.17, 15) is 9.59 Å². The van der Waals surface area contributed by atoms with Crippen molar-refractivity contribution in [1.29, 1.82) is 0 Å². The van der Waals surface area contributed by atoms with Crippen LogP contribution in [0, 0.1) is 29.1 Å². The first-order valence-corrected chi connectivity index (χ1v) is 14.3. The molecule has 0 spiro atoms. The van der Waals surface area contributed by atoms with Gasteiger partial charge >= 0.3 is 6.03 Å². The predicted molar refractivity (Wildman–Crippen MR) is 145 cm³/mol. The molecule has 2 heterocycles. The summed E-state index contributed by atoms with van der Waals surface area (Å²) in [7, 11) is 0. The second kappa shape index (κ2) is 10.9. The molecule has 2 aromatic heterocycles. The van der Waals surface area contributed by atoms with Gasteiger partial charge in [-0.25, -0.2) is 9.78 Å². The summed E-state index contributed by atoms with van der Waals surface area (Å²) in [5.41, 5.74) is 1.85. The van der Waals surface area contributed by atoms with Crippen LogP contribution >= 0.6 is 0 Å². The maximum absolute atomic E-state index is 12.9. The Bertz CT molecular complexity index is 1070. The van der Waals surface area contributed by atoms with Crippen LogP contribution in [-0.4, -0.2) is 38.6 Å². The molecule has 0 aliphatic heterocycles. The van der Waals surface area contributed by atoms with Crippen molar-refractivity contribution in [3.63, 3.8) is 0 Å². The molecule has 3 aliphatic carbocycles. The van der Waals surface area contributed by atoms with Crippen LogP contribution in [0.4, 0.5) is 10.5 Å². The van der Waals surface area contributed by atoms with E-state index in [4.69, 9.17) is 0 Å². The van der Waals surface area contributed by atoms with Gasteiger partial charge in [-0.15, -0.1) is 0 Å². The van der Waals surface area contributed by atoms with E-state index in [0.29, 0.717) is 29.3 Å². The van der Waals surface area contributed by atoms with Crippen LogP contribution in [-0.2, 0) is 13.1 Å². The quantitative estimate of drug-likeness (QED) is 0.322. The van der Waals surface area contributed by atoms with Crippen molar-refractivity contribution < 1.29 is 9.59 Å². The van der Waals surface area contributed by atoms with E-state index in [1.54, 1.807) is 18.6 Å². The second-order valence-electron chi connectivity index (χ2n) is 12.5. The normalized spacial score (nSPS) is 26.5. The molecule has 0 radical (unpaired) electrons. The highest BCUT2D eigenvalue weighted by Gasteiger charge is 2.51. The number of carbonyl (C=O) groups excluding carboxylic acids is 2. The molecule has 8 nitrogen and oxygen atoms in total. The maximum atomic E-state index is 12.9. The average molecular weight is 509 g/mol. The standard InChI is InChI=1S/C29H44N6O2/c1-20(2)25-16-29(25,3)8-7-22-13-23(14-22)32-28(37)33-24-15-26(35(18-24)17-21-5-6-21)27(36)31-9-4-11-34-12-10-30-19-34/h10,12,15,18-23,25H,4-9,11,13-14,16-17H2,1-3H3,(H,31,36)(H2,32,33,37)/t22?,23?,25?,29-/m0/s1. The van der Waals surface area contributed by atoms with Crippen molar-refractivity contribution in [2.45, 2.75) is 91.3 Å². The van der Waals surface area contributed by atoms with Crippen LogP contribution in [0.2, 0.25) is 0 Å². The third-order valence-electron chi connectivity index (χ3n) is 8.90. The number of imidazole rings is 1. The fourth-order valence-corrected chi connectivity index (χ4v) is 6.22. The Hall–Kier alpha value is -2.77. The third kappa shape index (κ3) is 6.76. The molecule has 3 saturated carbocycles. The van der Waals surface area contributed by atoms with Gasteiger partial charge in [0, 0.05) is 44.3 Å². The maximum Gasteiger partial charge on any atom is 0.319 e. The summed E-state index contributed by atoms with van der Waals surface area (Å²) in [6.45, 7) is 9.37. The molecule has 2 aromatic rings.